The van der Waals surface area contributed by atoms with Crippen LogP contribution in [-0.2, 0) is 18.8 Å². The molecule has 14 heteroatoms. The average molecular weight is 565 g/mol. The number of nitrogens with one attached hydrogen (secondary N) is 1. The molecule has 0 bridgehead atoms. The number of fused-ring (bicyclic) bond motifs is 1. The zero-order valence-corrected chi connectivity index (χ0v) is 21.9. The Labute approximate surface area is 227 Å². The molecular weight excluding hydrogens is 541 g/mol. The molecule has 3 heterocycles. The maximum Gasteiger partial charge on any atom is 0.348 e. The molecule has 5 rings (SSSR count). The molecule has 13 nitrogen and oxygen atoms in total. The predicted molar refractivity (Wildman–Crippen MR) is 141 cm³/mol. The van der Waals surface area contributed by atoms with Crippen molar-refractivity contribution in [3.8, 4) is 0 Å². The van der Waals surface area contributed by atoms with Crippen molar-refractivity contribution < 1.29 is 38.2 Å². The van der Waals surface area contributed by atoms with Crippen molar-refractivity contribution in [2.24, 2.45) is 0 Å². The van der Waals surface area contributed by atoms with E-state index in [2.05, 4.69) is 20.3 Å². The Morgan fingerprint density at radius 2 is 1.68 bits per heavy atom. The number of hydrogen-bond acceptors (Lipinski definition) is 9. The minimum atomic E-state index is -4.55. The summed E-state index contributed by atoms with van der Waals surface area (Å²) in [6.07, 6.45) is -0.324. The summed E-state index contributed by atoms with van der Waals surface area (Å²) in [7, 11) is -3.16. The first-order valence-corrected chi connectivity index (χ1v) is 13.7. The molecule has 0 spiro atoms. The second-order valence-electron chi connectivity index (χ2n) is 8.72. The first kappa shape index (κ1) is 27.3. The van der Waals surface area contributed by atoms with E-state index in [0.717, 1.165) is 6.08 Å². The molecule has 2 aromatic heterocycles. The van der Waals surface area contributed by atoms with Crippen molar-refractivity contribution in [3.63, 3.8) is 0 Å². The van der Waals surface area contributed by atoms with Gasteiger partial charge in [0.1, 0.15) is 18.5 Å². The van der Waals surface area contributed by atoms with E-state index in [-0.39, 0.29) is 22.5 Å². The zero-order chi connectivity index (χ0) is 28.3. The van der Waals surface area contributed by atoms with Crippen LogP contribution in [0.15, 0.2) is 85.2 Å². The normalized spacial score (nSPS) is 21.1. The summed E-state index contributed by atoms with van der Waals surface area (Å²) in [5, 5.41) is 2.72. The number of hydrogen-bond donors (Lipinski definition) is 3. The highest BCUT2D eigenvalue weighted by Gasteiger charge is 2.48. The predicted octanol–water partition coefficient (Wildman–Crippen LogP) is 2.91. The van der Waals surface area contributed by atoms with Gasteiger partial charge in [0.25, 0.3) is 5.91 Å². The van der Waals surface area contributed by atoms with Crippen molar-refractivity contribution in [3.05, 3.63) is 96.3 Å². The summed E-state index contributed by atoms with van der Waals surface area (Å²) in [5.74, 6) is -0.219. The van der Waals surface area contributed by atoms with Crippen LogP contribution >= 0.6 is 7.60 Å². The topological polar surface area (TPSA) is 175 Å². The fraction of sp³-hybridized carbons (Fsp3) is 0.192. The third-order valence-corrected chi connectivity index (χ3v) is 6.68. The lowest BCUT2D eigenvalue weighted by Gasteiger charge is -2.23. The minimum Gasteiger partial charge on any atom is -0.453 e. The molecule has 1 aliphatic heterocycles. The van der Waals surface area contributed by atoms with E-state index in [0.29, 0.717) is 11.4 Å². The zero-order valence-electron chi connectivity index (χ0n) is 21.0. The number of nitrogens with zero attached hydrogens (tertiary/aromatic N) is 4. The Kier molecular flexibility index (Phi) is 7.83. The number of esters is 1. The van der Waals surface area contributed by atoms with Crippen LogP contribution in [0.2, 0.25) is 0 Å². The number of rotatable bonds is 8. The fourth-order valence-electron chi connectivity index (χ4n) is 4.29. The molecule has 1 aliphatic rings. The number of methoxy groups -OCH3 is 1. The van der Waals surface area contributed by atoms with Crippen LogP contribution in [0.5, 0.6) is 0 Å². The SMILES string of the molecule is CO[C@@H]1[C@H](OC(=O)c2ccccc2)[C@@H](C=CP(=O)(O)O)O[C@H]1n1cnc2c(NC(=O)c3ccccc3)ncnc21. The van der Waals surface area contributed by atoms with Crippen LogP contribution in [0.4, 0.5) is 5.82 Å². The molecule has 4 atom stereocenters. The number of benzene rings is 2. The van der Waals surface area contributed by atoms with Crippen LogP contribution < -0.4 is 5.32 Å². The smallest absolute Gasteiger partial charge is 0.348 e. The van der Waals surface area contributed by atoms with Gasteiger partial charge >= 0.3 is 13.6 Å². The summed E-state index contributed by atoms with van der Waals surface area (Å²) in [5.41, 5.74) is 1.24. The first-order chi connectivity index (χ1) is 19.2. The van der Waals surface area contributed by atoms with Gasteiger partial charge in [0.15, 0.2) is 29.3 Å². The number of anilines is 1. The van der Waals surface area contributed by atoms with Crippen LogP contribution in [-0.4, -0.2) is 66.6 Å². The molecule has 0 saturated carbocycles. The van der Waals surface area contributed by atoms with Gasteiger partial charge in [-0.1, -0.05) is 36.4 Å². The van der Waals surface area contributed by atoms with Crippen molar-refractivity contribution >= 4 is 36.5 Å². The van der Waals surface area contributed by atoms with Crippen molar-refractivity contribution in [2.75, 3.05) is 12.4 Å². The van der Waals surface area contributed by atoms with Crippen LogP contribution in [0.25, 0.3) is 11.2 Å². The summed E-state index contributed by atoms with van der Waals surface area (Å²) in [6, 6.07) is 16.8. The lowest BCUT2D eigenvalue weighted by Crippen LogP contribution is -2.37. The molecule has 40 heavy (non-hydrogen) atoms. The van der Waals surface area contributed by atoms with Gasteiger partial charge < -0.3 is 29.3 Å². The molecule has 4 aromatic rings. The van der Waals surface area contributed by atoms with Crippen molar-refractivity contribution in [2.45, 2.75) is 24.5 Å². The van der Waals surface area contributed by atoms with Gasteiger partial charge in [-0.3, -0.25) is 13.9 Å². The number of carbonyl (C=O) groups is 2. The maximum atomic E-state index is 12.9. The largest absolute Gasteiger partial charge is 0.453 e. The Hall–Kier alpha value is -4.26. The molecule has 1 saturated heterocycles. The quantitative estimate of drug-likeness (QED) is 0.212. The second-order valence-corrected chi connectivity index (χ2v) is 10.2. The van der Waals surface area contributed by atoms with E-state index < -0.39 is 44.0 Å². The average Bonchev–Trinajstić information content (AvgIpc) is 3.54. The van der Waals surface area contributed by atoms with E-state index in [9.17, 15) is 23.9 Å². The number of amides is 1. The van der Waals surface area contributed by atoms with Gasteiger partial charge in [-0.15, -0.1) is 0 Å². The molecule has 0 unspecified atom stereocenters. The maximum absolute atomic E-state index is 12.9. The third kappa shape index (κ3) is 5.83. The highest BCUT2D eigenvalue weighted by atomic mass is 31.2. The molecule has 0 radical (unpaired) electrons. The van der Waals surface area contributed by atoms with Crippen molar-refractivity contribution in [1.29, 1.82) is 0 Å². The highest BCUT2D eigenvalue weighted by molar-refractivity contribution is 7.55. The third-order valence-electron chi connectivity index (χ3n) is 6.12. The molecule has 1 amide bonds. The van der Waals surface area contributed by atoms with Gasteiger partial charge in [0.2, 0.25) is 0 Å². The number of carbonyl (C=O) groups excluding carboxylic acids is 2. The summed E-state index contributed by atoms with van der Waals surface area (Å²) in [6.45, 7) is 0. The summed E-state index contributed by atoms with van der Waals surface area (Å²) < 4.78 is 30.6. The molecule has 206 valence electrons. The Morgan fingerprint density at radius 3 is 2.33 bits per heavy atom. The van der Waals surface area contributed by atoms with Gasteiger partial charge in [-0.05, 0) is 30.3 Å². The summed E-state index contributed by atoms with van der Waals surface area (Å²) >= 11 is 0. The molecule has 3 N–H and O–H groups in total. The Balaban J connectivity index is 1.47. The fourth-order valence-corrected chi connectivity index (χ4v) is 4.68. The first-order valence-electron chi connectivity index (χ1n) is 12.0. The Bertz CT molecular complexity index is 1590. The van der Waals surface area contributed by atoms with E-state index in [1.54, 1.807) is 60.7 Å². The van der Waals surface area contributed by atoms with Gasteiger partial charge in [0, 0.05) is 18.5 Å². The minimum absolute atomic E-state index is 0.162. The lowest BCUT2D eigenvalue weighted by atomic mass is 10.1. The lowest BCUT2D eigenvalue weighted by molar-refractivity contribution is -0.0489. The standard InChI is InChI=1S/C26H24N5O8P/c1-37-21-20(39-26(33)17-10-6-3-7-11-17)18(12-13-40(34,35)36)38-25(21)31-15-29-19-22(27-14-28-23(19)31)30-24(32)16-8-4-2-5-9-16/h2-15,18,20-21,25H,1H3,(H2,34,35,36)(H,27,28,30,32)/t18-,20-,21-,25-/m1/s1. The number of aromatic nitrogens is 4. The Morgan fingerprint density at radius 1 is 1.00 bits per heavy atom. The second kappa shape index (κ2) is 11.5. The van der Waals surface area contributed by atoms with Crippen LogP contribution in [0.3, 0.4) is 0 Å². The molecule has 2 aromatic carbocycles. The van der Waals surface area contributed by atoms with Crippen LogP contribution in [0, 0.1) is 0 Å². The van der Waals surface area contributed by atoms with E-state index >= 15 is 0 Å². The number of imidazole rings is 1. The van der Waals surface area contributed by atoms with Gasteiger partial charge in [-0.2, -0.15) is 0 Å². The summed E-state index contributed by atoms with van der Waals surface area (Å²) in [4.78, 5) is 57.2. The highest BCUT2D eigenvalue weighted by Crippen LogP contribution is 2.40. The van der Waals surface area contributed by atoms with Crippen molar-refractivity contribution in [1.82, 2.24) is 19.5 Å². The van der Waals surface area contributed by atoms with Crippen LogP contribution in [0.1, 0.15) is 26.9 Å². The monoisotopic (exact) mass is 565 g/mol. The molecule has 1 fully saturated rings. The van der Waals surface area contributed by atoms with E-state index in [1.165, 1.54) is 24.3 Å². The molecule has 0 aliphatic carbocycles. The molecular formula is C26H24N5O8P. The van der Waals surface area contributed by atoms with E-state index in [1.807, 2.05) is 0 Å². The van der Waals surface area contributed by atoms with Gasteiger partial charge in [0.05, 0.1) is 11.9 Å². The van der Waals surface area contributed by atoms with E-state index in [4.69, 9.17) is 14.2 Å². The number of ether oxygens (including phenoxy) is 3. The van der Waals surface area contributed by atoms with Gasteiger partial charge in [-0.25, -0.2) is 19.7 Å².